The predicted octanol–water partition coefficient (Wildman–Crippen LogP) is 18.1. The molecule has 426 valence electrons. The van der Waals surface area contributed by atoms with Crippen LogP contribution >= 0.6 is 0 Å². The smallest absolute Gasteiger partial charge is 0.183 e. The highest BCUT2D eigenvalue weighted by atomic mass is 16.7. The van der Waals surface area contributed by atoms with Crippen molar-refractivity contribution < 1.29 is 38.6 Å². The summed E-state index contributed by atoms with van der Waals surface area (Å²) in [4.78, 5) is 0. The summed E-state index contributed by atoms with van der Waals surface area (Å²) in [6.45, 7) is 52.8. The molecular formula is C67H110O8. The second kappa shape index (κ2) is 26.8. The maximum atomic E-state index is 10.8. The van der Waals surface area contributed by atoms with Crippen molar-refractivity contribution in [2.45, 2.75) is 261 Å². The molecule has 8 heteroatoms. The quantitative estimate of drug-likeness (QED) is 0.173. The Morgan fingerprint density at radius 3 is 0.827 bits per heavy atom. The van der Waals surface area contributed by atoms with Crippen LogP contribution in [0, 0.1) is 24.7 Å². The molecule has 0 radical (unpaired) electrons. The van der Waals surface area contributed by atoms with E-state index in [9.17, 15) is 10.2 Å². The first-order chi connectivity index (χ1) is 34.6. The Kier molecular flexibility index (Phi) is 23.0. The average molecular weight is 1040 g/mol. The van der Waals surface area contributed by atoms with Crippen molar-refractivity contribution in [3.63, 3.8) is 0 Å². The summed E-state index contributed by atoms with van der Waals surface area (Å²) >= 11 is 0. The van der Waals surface area contributed by atoms with E-state index in [4.69, 9.17) is 28.4 Å². The summed E-state index contributed by atoms with van der Waals surface area (Å²) in [5.74, 6) is 2.34. The van der Waals surface area contributed by atoms with Crippen LogP contribution in [-0.2, 0) is 60.9 Å². The summed E-state index contributed by atoms with van der Waals surface area (Å²) < 4.78 is 36.4. The fraction of sp³-hybridized carbons (Fsp3) is 0.731. The number of phenolic OH excluding ortho intramolecular Hbond substituents is 2. The normalized spacial score (nSPS) is 22.2. The Labute approximate surface area is 459 Å². The van der Waals surface area contributed by atoms with Crippen molar-refractivity contribution in [2.75, 3.05) is 39.6 Å². The number of rotatable bonds is 12. The number of ether oxygens (including phenoxy) is 6. The van der Waals surface area contributed by atoms with Gasteiger partial charge in [0.2, 0.25) is 0 Å². The van der Waals surface area contributed by atoms with Gasteiger partial charge >= 0.3 is 0 Å². The van der Waals surface area contributed by atoms with Gasteiger partial charge in [0.25, 0.3) is 0 Å². The van der Waals surface area contributed by atoms with Gasteiger partial charge in [-0.25, -0.2) is 0 Å². The van der Waals surface area contributed by atoms with Gasteiger partial charge < -0.3 is 38.6 Å². The molecule has 3 aromatic carbocycles. The summed E-state index contributed by atoms with van der Waals surface area (Å²) in [5.41, 5.74) is 10.9. The van der Waals surface area contributed by atoms with E-state index >= 15 is 0 Å². The van der Waals surface area contributed by atoms with E-state index in [0.29, 0.717) is 29.3 Å². The predicted molar refractivity (Wildman–Crippen MR) is 313 cm³/mol. The van der Waals surface area contributed by atoms with Gasteiger partial charge in [0.05, 0.1) is 39.6 Å². The van der Waals surface area contributed by atoms with Crippen LogP contribution in [0.15, 0.2) is 36.4 Å². The molecule has 0 saturated carbocycles. The first-order valence-electron chi connectivity index (χ1n) is 29.2. The van der Waals surface area contributed by atoms with Gasteiger partial charge in [0, 0.05) is 34.4 Å². The van der Waals surface area contributed by atoms with Crippen molar-refractivity contribution in [3.8, 4) is 11.5 Å². The molecule has 3 aromatic rings. The molecule has 0 atom stereocenters. The lowest BCUT2D eigenvalue weighted by molar-refractivity contribution is -0.206. The minimum absolute atomic E-state index is 0.109. The van der Waals surface area contributed by atoms with Crippen LogP contribution in [0.25, 0.3) is 0 Å². The lowest BCUT2D eigenvalue weighted by Crippen LogP contribution is -2.28. The molecule has 0 aromatic heterocycles. The van der Waals surface area contributed by atoms with E-state index in [2.05, 4.69) is 189 Å². The lowest BCUT2D eigenvalue weighted by Gasteiger charge is -2.34. The van der Waals surface area contributed by atoms with Gasteiger partial charge in [0.15, 0.2) is 18.9 Å². The lowest BCUT2D eigenvalue weighted by atomic mass is 9.75. The van der Waals surface area contributed by atoms with E-state index in [-0.39, 0.29) is 51.4 Å². The minimum Gasteiger partial charge on any atom is -0.507 e. The van der Waals surface area contributed by atoms with Crippen LogP contribution in [0.2, 0.25) is 0 Å². The first-order valence-corrected chi connectivity index (χ1v) is 29.2. The van der Waals surface area contributed by atoms with Crippen LogP contribution in [0.1, 0.15) is 278 Å². The molecule has 8 nitrogen and oxygen atoms in total. The molecule has 2 N–H and O–H groups in total. The monoisotopic (exact) mass is 1040 g/mol. The Bertz CT molecular complexity index is 2100. The topological polar surface area (TPSA) is 95.8 Å². The Balaban J connectivity index is 0.000000244. The largest absolute Gasteiger partial charge is 0.507 e. The molecule has 3 aliphatic heterocycles. The Morgan fingerprint density at radius 1 is 0.347 bits per heavy atom. The first kappa shape index (κ1) is 64.5. The standard InChI is InChI=1S/C24H40O2.C22H36O3.C21H34O3/c1-9-10-11-12-18-15-25-22(26-16-18)19-13-20(23(3,4)5)17(2)21(14-19)24(6,7)8;1-8-9-10-15-13-24-20(25-14-15)16-11-17(21(2,3)4)19(23)18(12-16)22(5,6)7;1-8-9-14-12-23-19(24-13-14)15-10-16(20(2,3)4)18(22)17(11-15)21(5,6)7/h13-14,18,22H,9-12,15-16H2,1-8H3;11-12,15,20,23H,8-10,13-14H2,1-7H3;10-11,14,19,22H,8-9,12-13H2,1-7H3. The molecule has 0 bridgehead atoms. The third kappa shape index (κ3) is 18.6. The van der Waals surface area contributed by atoms with E-state index in [1.807, 2.05) is 0 Å². The van der Waals surface area contributed by atoms with Crippen molar-refractivity contribution in [3.05, 3.63) is 92.0 Å². The number of unbranched alkanes of at least 4 members (excludes halogenated alkanes) is 3. The van der Waals surface area contributed by atoms with Crippen LogP contribution in [0.5, 0.6) is 11.5 Å². The van der Waals surface area contributed by atoms with E-state index in [1.165, 1.54) is 67.2 Å². The Hall–Kier alpha value is -2.98. The van der Waals surface area contributed by atoms with Gasteiger partial charge in [0.1, 0.15) is 11.5 Å². The van der Waals surface area contributed by atoms with Crippen molar-refractivity contribution in [1.29, 1.82) is 0 Å². The third-order valence-electron chi connectivity index (χ3n) is 15.1. The van der Waals surface area contributed by atoms with Gasteiger partial charge in [-0.2, -0.15) is 0 Å². The third-order valence-corrected chi connectivity index (χ3v) is 15.1. The molecular weight excluding hydrogens is 933 g/mol. The minimum atomic E-state index is -0.333. The second-order valence-electron chi connectivity index (χ2n) is 28.7. The molecule has 3 aliphatic rings. The number of aromatic hydroxyl groups is 2. The van der Waals surface area contributed by atoms with Crippen LogP contribution in [0.3, 0.4) is 0 Å². The molecule has 3 fully saturated rings. The molecule has 0 spiro atoms. The summed E-state index contributed by atoms with van der Waals surface area (Å²) in [7, 11) is 0. The van der Waals surface area contributed by atoms with Gasteiger partial charge in [-0.15, -0.1) is 0 Å². The zero-order chi connectivity index (χ0) is 56.5. The number of phenols is 2. The highest BCUT2D eigenvalue weighted by Crippen LogP contribution is 2.45. The van der Waals surface area contributed by atoms with Gasteiger partial charge in [-0.1, -0.05) is 184 Å². The van der Waals surface area contributed by atoms with Gasteiger partial charge in [-0.05, 0) is 134 Å². The summed E-state index contributed by atoms with van der Waals surface area (Å²) in [6.07, 6.45) is 10.1. The molecule has 0 aliphatic carbocycles. The van der Waals surface area contributed by atoms with Crippen molar-refractivity contribution in [1.82, 2.24) is 0 Å². The maximum absolute atomic E-state index is 10.8. The fourth-order valence-corrected chi connectivity index (χ4v) is 10.6. The summed E-state index contributed by atoms with van der Waals surface area (Å²) in [5, 5.41) is 21.7. The van der Waals surface area contributed by atoms with Crippen LogP contribution in [-0.4, -0.2) is 49.9 Å². The molecule has 6 rings (SSSR count). The highest BCUT2D eigenvalue weighted by molar-refractivity contribution is 5.51. The zero-order valence-electron chi connectivity index (χ0n) is 51.9. The highest BCUT2D eigenvalue weighted by Gasteiger charge is 2.34. The van der Waals surface area contributed by atoms with E-state index < -0.39 is 0 Å². The molecule has 0 amide bonds. The summed E-state index contributed by atoms with van der Waals surface area (Å²) in [6, 6.07) is 12.8. The zero-order valence-corrected chi connectivity index (χ0v) is 51.9. The number of hydrogen-bond acceptors (Lipinski definition) is 8. The maximum Gasteiger partial charge on any atom is 0.183 e. The van der Waals surface area contributed by atoms with Crippen molar-refractivity contribution >= 4 is 0 Å². The SMILES string of the molecule is CCCC1COC(c2cc(C(C)(C)C)c(O)c(C(C)(C)C)c2)OC1.CCCCC1COC(c2cc(C(C)(C)C)c(O)c(C(C)(C)C)c2)OC1.CCCCCC1COC(c2cc(C(C)(C)C)c(C)c(C(C)(C)C)c2)OC1. The van der Waals surface area contributed by atoms with Crippen molar-refractivity contribution in [2.24, 2.45) is 17.8 Å². The number of benzene rings is 3. The van der Waals surface area contributed by atoms with Crippen LogP contribution < -0.4 is 0 Å². The van der Waals surface area contributed by atoms with Gasteiger partial charge in [-0.3, -0.25) is 0 Å². The second-order valence-corrected chi connectivity index (χ2v) is 28.7. The van der Waals surface area contributed by atoms with E-state index in [1.54, 1.807) is 0 Å². The molecule has 3 saturated heterocycles. The Morgan fingerprint density at radius 2 is 0.587 bits per heavy atom. The average Bonchev–Trinajstić information content (AvgIpc) is 3.30. The van der Waals surface area contributed by atoms with E-state index in [0.717, 1.165) is 85.9 Å². The molecule has 0 unspecified atom stereocenters. The molecule has 75 heavy (non-hydrogen) atoms. The molecule has 3 heterocycles. The van der Waals surface area contributed by atoms with Crippen LogP contribution in [0.4, 0.5) is 0 Å². The number of hydrogen-bond donors (Lipinski definition) is 2. The fourth-order valence-electron chi connectivity index (χ4n) is 10.6.